The highest BCUT2D eigenvalue weighted by atomic mass is 16.5. The molecule has 1 rings (SSSR count). The molecule has 0 saturated carbocycles. The van der Waals surface area contributed by atoms with E-state index in [4.69, 9.17) is 5.21 Å². The van der Waals surface area contributed by atoms with Crippen molar-refractivity contribution in [3.63, 3.8) is 0 Å². The largest absolute Gasteiger partial charge is 0.292 e. The van der Waals surface area contributed by atoms with Gasteiger partial charge < -0.3 is 0 Å². The molecule has 0 unspecified atom stereocenters. The van der Waals surface area contributed by atoms with Crippen LogP contribution < -0.4 is 5.48 Å². The minimum atomic E-state index is 0.850. The summed E-state index contributed by atoms with van der Waals surface area (Å²) in [7, 11) is 0. The lowest BCUT2D eigenvalue weighted by atomic mass is 10.1. The zero-order valence-corrected chi connectivity index (χ0v) is 10.3. The Balaban J connectivity index is 2.58. The van der Waals surface area contributed by atoms with Gasteiger partial charge >= 0.3 is 0 Å². The molecule has 1 aromatic carbocycles. The summed E-state index contributed by atoms with van der Waals surface area (Å²) in [5.41, 5.74) is 5.19. The molecule has 3 heteroatoms. The molecule has 0 spiro atoms. The second kappa shape index (κ2) is 8.03. The standard InChI is InChI=1S/C15H18N2O/c1-3-4-15(16-2)10-9-13-5-7-14(8-6-13)11-12-17-18/h3-8,11-12,17-18H,1-2,9-10H2/b12-11+,15-4-. The normalized spacial score (nSPS) is 11.5. The zero-order valence-electron chi connectivity index (χ0n) is 10.3. The maximum atomic E-state index is 8.44. The van der Waals surface area contributed by atoms with Gasteiger partial charge in [-0.05, 0) is 42.8 Å². The Kier molecular flexibility index (Phi) is 6.22. The molecule has 0 aliphatic carbocycles. The number of aryl methyl sites for hydroxylation is 1. The summed E-state index contributed by atoms with van der Waals surface area (Å²) >= 11 is 0. The van der Waals surface area contributed by atoms with Crippen molar-refractivity contribution >= 4 is 12.8 Å². The minimum Gasteiger partial charge on any atom is -0.292 e. The summed E-state index contributed by atoms with van der Waals surface area (Å²) in [5.74, 6) is 0. The molecule has 0 atom stereocenters. The molecule has 0 saturated heterocycles. The Morgan fingerprint density at radius 3 is 2.61 bits per heavy atom. The molecule has 1 aromatic rings. The average molecular weight is 242 g/mol. The van der Waals surface area contributed by atoms with Crippen molar-refractivity contribution in [3.8, 4) is 0 Å². The average Bonchev–Trinajstić information content (AvgIpc) is 2.42. The lowest BCUT2D eigenvalue weighted by Gasteiger charge is -2.02. The topological polar surface area (TPSA) is 44.6 Å². The van der Waals surface area contributed by atoms with Gasteiger partial charge in [0.1, 0.15) is 0 Å². The first-order valence-corrected chi connectivity index (χ1v) is 5.73. The molecule has 0 radical (unpaired) electrons. The van der Waals surface area contributed by atoms with Crippen LogP contribution in [0.3, 0.4) is 0 Å². The van der Waals surface area contributed by atoms with E-state index in [1.165, 1.54) is 11.8 Å². The summed E-state index contributed by atoms with van der Waals surface area (Å²) in [6.07, 6.45) is 8.63. The molecule has 0 fully saturated rings. The molecule has 18 heavy (non-hydrogen) atoms. The van der Waals surface area contributed by atoms with E-state index in [0.29, 0.717) is 0 Å². The van der Waals surface area contributed by atoms with Gasteiger partial charge in [0, 0.05) is 11.9 Å². The summed E-state index contributed by atoms with van der Waals surface area (Å²) in [6.45, 7) is 7.18. The Labute approximate surface area is 108 Å². The Bertz CT molecular complexity index is 444. The number of nitrogens with zero attached hydrogens (tertiary/aromatic N) is 1. The molecular formula is C15H18N2O. The number of benzene rings is 1. The van der Waals surface area contributed by atoms with Crippen molar-refractivity contribution in [2.24, 2.45) is 4.99 Å². The van der Waals surface area contributed by atoms with E-state index in [-0.39, 0.29) is 0 Å². The maximum Gasteiger partial charge on any atom is 0.0399 e. The lowest BCUT2D eigenvalue weighted by molar-refractivity contribution is 0.215. The van der Waals surface area contributed by atoms with Gasteiger partial charge in [0.25, 0.3) is 0 Å². The molecule has 0 bridgehead atoms. The van der Waals surface area contributed by atoms with Crippen LogP contribution in [0.15, 0.2) is 59.9 Å². The number of rotatable bonds is 7. The summed E-state index contributed by atoms with van der Waals surface area (Å²) in [4.78, 5) is 3.94. The van der Waals surface area contributed by atoms with Gasteiger partial charge in [-0.25, -0.2) is 0 Å². The third-order valence-electron chi connectivity index (χ3n) is 2.51. The van der Waals surface area contributed by atoms with E-state index < -0.39 is 0 Å². The fourth-order valence-corrected chi connectivity index (χ4v) is 1.55. The number of hydrogen-bond acceptors (Lipinski definition) is 3. The van der Waals surface area contributed by atoms with Gasteiger partial charge in [-0.2, -0.15) is 0 Å². The summed E-state index contributed by atoms with van der Waals surface area (Å²) in [6, 6.07) is 8.13. The highest BCUT2D eigenvalue weighted by Gasteiger charge is 1.96. The van der Waals surface area contributed by atoms with Crippen LogP contribution in [-0.2, 0) is 6.42 Å². The van der Waals surface area contributed by atoms with Crippen LogP contribution in [0.4, 0.5) is 0 Å². The molecule has 0 aliphatic heterocycles. The van der Waals surface area contributed by atoms with Crippen LogP contribution >= 0.6 is 0 Å². The fraction of sp³-hybridized carbons (Fsp3) is 0.133. The van der Waals surface area contributed by atoms with Crippen LogP contribution in [0.25, 0.3) is 6.08 Å². The van der Waals surface area contributed by atoms with E-state index in [2.05, 4.69) is 30.4 Å². The van der Waals surface area contributed by atoms with Gasteiger partial charge in [0.05, 0.1) is 0 Å². The van der Waals surface area contributed by atoms with E-state index in [9.17, 15) is 0 Å². The van der Waals surface area contributed by atoms with E-state index in [0.717, 1.165) is 24.1 Å². The van der Waals surface area contributed by atoms with Crippen molar-refractivity contribution in [1.29, 1.82) is 0 Å². The van der Waals surface area contributed by atoms with Crippen molar-refractivity contribution in [2.75, 3.05) is 0 Å². The lowest BCUT2D eigenvalue weighted by Crippen LogP contribution is -1.92. The summed E-state index contributed by atoms with van der Waals surface area (Å²) < 4.78 is 0. The van der Waals surface area contributed by atoms with Gasteiger partial charge in [0.15, 0.2) is 0 Å². The zero-order chi connectivity index (χ0) is 13.2. The SMILES string of the molecule is C=C/C=C(/CCc1ccc(/C=C/NO)cc1)N=C. The Morgan fingerprint density at radius 1 is 1.33 bits per heavy atom. The monoisotopic (exact) mass is 242 g/mol. The first-order valence-electron chi connectivity index (χ1n) is 5.73. The number of hydroxylamine groups is 1. The van der Waals surface area contributed by atoms with Crippen molar-refractivity contribution in [3.05, 3.63) is 66.0 Å². The van der Waals surface area contributed by atoms with Crippen LogP contribution in [0.2, 0.25) is 0 Å². The smallest absolute Gasteiger partial charge is 0.0399 e. The molecule has 2 N–H and O–H groups in total. The third kappa shape index (κ3) is 4.80. The van der Waals surface area contributed by atoms with E-state index in [1.54, 1.807) is 12.2 Å². The van der Waals surface area contributed by atoms with Crippen LogP contribution in [0.1, 0.15) is 17.5 Å². The van der Waals surface area contributed by atoms with Crippen LogP contribution in [0.5, 0.6) is 0 Å². The number of nitrogens with one attached hydrogen (secondary N) is 1. The number of allylic oxidation sites excluding steroid dienone is 3. The third-order valence-corrected chi connectivity index (χ3v) is 2.51. The van der Waals surface area contributed by atoms with Crippen LogP contribution in [0, 0.1) is 0 Å². The summed E-state index contributed by atoms with van der Waals surface area (Å²) in [5, 5.41) is 8.44. The molecular weight excluding hydrogens is 224 g/mol. The predicted octanol–water partition coefficient (Wildman–Crippen LogP) is 3.34. The van der Waals surface area contributed by atoms with E-state index >= 15 is 0 Å². The van der Waals surface area contributed by atoms with Crippen LogP contribution in [-0.4, -0.2) is 11.9 Å². The second-order valence-electron chi connectivity index (χ2n) is 3.76. The first-order chi connectivity index (χ1) is 8.80. The van der Waals surface area contributed by atoms with E-state index in [1.807, 2.05) is 23.7 Å². The van der Waals surface area contributed by atoms with Crippen molar-refractivity contribution in [1.82, 2.24) is 5.48 Å². The van der Waals surface area contributed by atoms with Gasteiger partial charge in [-0.3, -0.25) is 15.7 Å². The highest BCUT2D eigenvalue weighted by Crippen LogP contribution is 2.12. The molecule has 3 nitrogen and oxygen atoms in total. The Morgan fingerprint density at radius 2 is 2.06 bits per heavy atom. The van der Waals surface area contributed by atoms with Gasteiger partial charge in [-0.1, -0.05) is 36.9 Å². The van der Waals surface area contributed by atoms with Crippen molar-refractivity contribution < 1.29 is 5.21 Å². The fourth-order valence-electron chi connectivity index (χ4n) is 1.55. The second-order valence-corrected chi connectivity index (χ2v) is 3.76. The quantitative estimate of drug-likeness (QED) is 0.437. The minimum absolute atomic E-state index is 0.850. The molecule has 0 aliphatic rings. The predicted molar refractivity (Wildman–Crippen MR) is 76.5 cm³/mol. The van der Waals surface area contributed by atoms with Gasteiger partial charge in [0.2, 0.25) is 0 Å². The number of aliphatic imine (C=N–C) groups is 1. The highest BCUT2D eigenvalue weighted by molar-refractivity contribution is 5.49. The Hall–Kier alpha value is -2.13. The molecule has 0 heterocycles. The first kappa shape index (κ1) is 13.9. The van der Waals surface area contributed by atoms with Crippen molar-refractivity contribution in [2.45, 2.75) is 12.8 Å². The number of hydrogen-bond donors (Lipinski definition) is 2. The molecule has 0 amide bonds. The molecule has 0 aromatic heterocycles. The maximum absolute atomic E-state index is 8.44. The molecule has 94 valence electrons. The van der Waals surface area contributed by atoms with Gasteiger partial charge in [-0.15, -0.1) is 0 Å².